The summed E-state index contributed by atoms with van der Waals surface area (Å²) in [7, 11) is 5.15. The van der Waals surface area contributed by atoms with Crippen LogP contribution in [0.4, 0.5) is 5.69 Å². The Hall–Kier alpha value is -1.30. The largest absolute Gasteiger partial charge is 0.383 e. The predicted octanol–water partition coefficient (Wildman–Crippen LogP) is 1.26. The number of amides is 1. The Balaban J connectivity index is 2.60. The molecule has 0 heterocycles. The number of nitrogens with zero attached hydrogens (tertiary/aromatic N) is 1. The van der Waals surface area contributed by atoms with Crippen LogP contribution >= 0.6 is 11.6 Å². The first-order valence-electron chi connectivity index (χ1n) is 6.48. The minimum atomic E-state index is -0.0334. The molecule has 0 aliphatic rings. The van der Waals surface area contributed by atoms with Gasteiger partial charge in [-0.15, -0.1) is 0 Å². The summed E-state index contributed by atoms with van der Waals surface area (Å²) >= 11 is 6.26. The smallest absolute Gasteiger partial charge is 0.239 e. The van der Waals surface area contributed by atoms with E-state index in [1.54, 1.807) is 14.2 Å². The van der Waals surface area contributed by atoms with Crippen molar-refractivity contribution >= 4 is 23.2 Å². The molecule has 112 valence electrons. The molecule has 0 bridgehead atoms. The zero-order valence-electron chi connectivity index (χ0n) is 12.2. The molecule has 0 saturated carbocycles. The quantitative estimate of drug-likeness (QED) is 0.710. The normalized spacial score (nSPS) is 10.4. The minimum Gasteiger partial charge on any atom is -0.383 e. The molecule has 0 saturated heterocycles. The number of anilines is 1. The average Bonchev–Trinajstić information content (AvgIpc) is 2.44. The van der Waals surface area contributed by atoms with E-state index >= 15 is 0 Å². The van der Waals surface area contributed by atoms with E-state index in [4.69, 9.17) is 16.3 Å². The van der Waals surface area contributed by atoms with Crippen LogP contribution in [-0.2, 0) is 16.1 Å². The van der Waals surface area contributed by atoms with E-state index in [9.17, 15) is 4.79 Å². The lowest BCUT2D eigenvalue weighted by Crippen LogP contribution is -2.32. The molecule has 6 heteroatoms. The number of hydrogen-bond donors (Lipinski definition) is 2. The van der Waals surface area contributed by atoms with Crippen molar-refractivity contribution in [2.45, 2.75) is 6.54 Å². The molecule has 0 fully saturated rings. The van der Waals surface area contributed by atoms with Gasteiger partial charge >= 0.3 is 0 Å². The SMILES string of the molecule is CNC(=O)CN(C)c1ccc(CNCCOC)c(Cl)c1. The second kappa shape index (κ2) is 8.79. The Bertz CT molecular complexity index is 440. The molecule has 5 nitrogen and oxygen atoms in total. The highest BCUT2D eigenvalue weighted by atomic mass is 35.5. The van der Waals surface area contributed by atoms with Crippen LogP contribution in [0.2, 0.25) is 5.02 Å². The van der Waals surface area contributed by atoms with Gasteiger partial charge in [0, 0.05) is 45.0 Å². The number of hydrogen-bond acceptors (Lipinski definition) is 4. The van der Waals surface area contributed by atoms with Crippen LogP contribution in [-0.4, -0.2) is 46.8 Å². The molecule has 0 aliphatic heterocycles. The van der Waals surface area contributed by atoms with Gasteiger partial charge in [-0.05, 0) is 17.7 Å². The number of methoxy groups -OCH3 is 1. The van der Waals surface area contributed by atoms with Gasteiger partial charge in [-0.1, -0.05) is 17.7 Å². The molecule has 0 spiro atoms. The maximum atomic E-state index is 11.3. The molecule has 0 aliphatic carbocycles. The number of halogens is 1. The Labute approximate surface area is 125 Å². The van der Waals surface area contributed by atoms with Crippen LogP contribution in [0.1, 0.15) is 5.56 Å². The number of ether oxygens (including phenoxy) is 1. The van der Waals surface area contributed by atoms with Crippen molar-refractivity contribution in [2.24, 2.45) is 0 Å². The maximum absolute atomic E-state index is 11.3. The third kappa shape index (κ3) is 5.36. The lowest BCUT2D eigenvalue weighted by Gasteiger charge is -2.19. The van der Waals surface area contributed by atoms with E-state index < -0.39 is 0 Å². The minimum absolute atomic E-state index is 0.0334. The molecule has 1 aromatic rings. The van der Waals surface area contributed by atoms with Gasteiger partial charge in [0.25, 0.3) is 0 Å². The number of carbonyl (C=O) groups is 1. The molecule has 0 radical (unpaired) electrons. The highest BCUT2D eigenvalue weighted by Crippen LogP contribution is 2.23. The van der Waals surface area contributed by atoms with Crippen molar-refractivity contribution in [3.63, 3.8) is 0 Å². The molecule has 2 N–H and O–H groups in total. The summed E-state index contributed by atoms with van der Waals surface area (Å²) in [6, 6.07) is 5.80. The van der Waals surface area contributed by atoms with Gasteiger partial charge in [0.1, 0.15) is 0 Å². The van der Waals surface area contributed by atoms with Crippen LogP contribution in [0.15, 0.2) is 18.2 Å². The van der Waals surface area contributed by atoms with Crippen molar-refractivity contribution in [1.82, 2.24) is 10.6 Å². The first-order chi connectivity index (χ1) is 9.58. The van der Waals surface area contributed by atoms with Crippen molar-refractivity contribution in [3.8, 4) is 0 Å². The molecule has 1 rings (SSSR count). The zero-order chi connectivity index (χ0) is 15.0. The van der Waals surface area contributed by atoms with Gasteiger partial charge in [0.2, 0.25) is 5.91 Å². The Morgan fingerprint density at radius 3 is 2.80 bits per heavy atom. The predicted molar refractivity (Wildman–Crippen MR) is 82.4 cm³/mol. The number of rotatable bonds is 8. The molecular formula is C14H22ClN3O2. The summed E-state index contributed by atoms with van der Waals surface area (Å²) in [6.07, 6.45) is 0. The monoisotopic (exact) mass is 299 g/mol. The van der Waals surface area contributed by atoms with Crippen LogP contribution < -0.4 is 15.5 Å². The highest BCUT2D eigenvalue weighted by Gasteiger charge is 2.08. The highest BCUT2D eigenvalue weighted by molar-refractivity contribution is 6.31. The third-order valence-corrected chi connectivity index (χ3v) is 3.29. The van der Waals surface area contributed by atoms with Gasteiger partial charge in [0.05, 0.1) is 13.2 Å². The zero-order valence-corrected chi connectivity index (χ0v) is 13.0. The fourth-order valence-electron chi connectivity index (χ4n) is 1.70. The van der Waals surface area contributed by atoms with Crippen molar-refractivity contribution < 1.29 is 9.53 Å². The Kier molecular flexibility index (Phi) is 7.36. The fraction of sp³-hybridized carbons (Fsp3) is 0.500. The fourth-order valence-corrected chi connectivity index (χ4v) is 1.94. The summed E-state index contributed by atoms with van der Waals surface area (Å²) < 4.78 is 4.97. The van der Waals surface area contributed by atoms with Gasteiger partial charge in [-0.25, -0.2) is 0 Å². The van der Waals surface area contributed by atoms with Gasteiger partial charge in [-0.3, -0.25) is 4.79 Å². The van der Waals surface area contributed by atoms with E-state index in [2.05, 4.69) is 10.6 Å². The summed E-state index contributed by atoms with van der Waals surface area (Å²) in [5.41, 5.74) is 1.94. The molecule has 0 unspecified atom stereocenters. The first-order valence-corrected chi connectivity index (χ1v) is 6.86. The van der Waals surface area contributed by atoms with E-state index in [-0.39, 0.29) is 5.91 Å². The van der Waals surface area contributed by atoms with Crippen LogP contribution in [0.5, 0.6) is 0 Å². The first kappa shape index (κ1) is 16.8. The lowest BCUT2D eigenvalue weighted by atomic mass is 10.2. The second-order valence-electron chi connectivity index (χ2n) is 4.47. The Morgan fingerprint density at radius 2 is 2.20 bits per heavy atom. The van der Waals surface area contributed by atoms with E-state index in [0.717, 1.165) is 17.8 Å². The topological polar surface area (TPSA) is 53.6 Å². The van der Waals surface area contributed by atoms with E-state index in [1.807, 2.05) is 30.1 Å². The number of likely N-dealkylation sites (N-methyl/N-ethyl adjacent to an activating group) is 2. The number of carbonyl (C=O) groups excluding carboxylic acids is 1. The van der Waals surface area contributed by atoms with Crippen molar-refractivity contribution in [1.29, 1.82) is 0 Å². The summed E-state index contributed by atoms with van der Waals surface area (Å²) in [5, 5.41) is 6.53. The van der Waals surface area contributed by atoms with Gasteiger partial charge in [-0.2, -0.15) is 0 Å². The van der Waals surface area contributed by atoms with Gasteiger partial charge in [0.15, 0.2) is 0 Å². The van der Waals surface area contributed by atoms with E-state index in [1.165, 1.54) is 0 Å². The van der Waals surface area contributed by atoms with Crippen molar-refractivity contribution in [3.05, 3.63) is 28.8 Å². The summed E-state index contributed by atoms with van der Waals surface area (Å²) in [5.74, 6) is -0.0334. The number of benzene rings is 1. The molecule has 0 atom stereocenters. The van der Waals surface area contributed by atoms with Crippen LogP contribution in [0.3, 0.4) is 0 Å². The van der Waals surface area contributed by atoms with E-state index in [0.29, 0.717) is 24.7 Å². The number of nitrogens with one attached hydrogen (secondary N) is 2. The lowest BCUT2D eigenvalue weighted by molar-refractivity contribution is -0.119. The summed E-state index contributed by atoms with van der Waals surface area (Å²) in [4.78, 5) is 13.2. The average molecular weight is 300 g/mol. The van der Waals surface area contributed by atoms with Gasteiger partial charge < -0.3 is 20.3 Å². The molecule has 20 heavy (non-hydrogen) atoms. The molecule has 1 amide bonds. The molecule has 1 aromatic carbocycles. The molecular weight excluding hydrogens is 278 g/mol. The molecule has 0 aromatic heterocycles. The standard InChI is InChI=1S/C14H22ClN3O2/c1-16-14(19)10-18(2)12-5-4-11(13(15)8-12)9-17-6-7-20-3/h4-5,8,17H,6-7,9-10H2,1-3H3,(H,16,19). The van der Waals surface area contributed by atoms with Crippen LogP contribution in [0.25, 0.3) is 0 Å². The van der Waals surface area contributed by atoms with Crippen LogP contribution in [0, 0.1) is 0 Å². The summed E-state index contributed by atoms with van der Waals surface area (Å²) in [6.45, 7) is 2.45. The maximum Gasteiger partial charge on any atom is 0.239 e. The second-order valence-corrected chi connectivity index (χ2v) is 4.88. The Morgan fingerprint density at radius 1 is 1.45 bits per heavy atom. The van der Waals surface area contributed by atoms with Crippen molar-refractivity contribution in [2.75, 3.05) is 45.8 Å². The third-order valence-electron chi connectivity index (χ3n) is 2.94.